The number of pyridine rings is 1. The van der Waals surface area contributed by atoms with Gasteiger partial charge in [-0.3, -0.25) is 9.36 Å². The molecule has 6 nitrogen and oxygen atoms in total. The second kappa shape index (κ2) is 5.72. The molecule has 0 spiro atoms. The van der Waals surface area contributed by atoms with Gasteiger partial charge in [0.25, 0.3) is 5.56 Å². The molecule has 0 aromatic carbocycles. The Balaban J connectivity index is 2.42. The van der Waals surface area contributed by atoms with Gasteiger partial charge in [-0.1, -0.05) is 24.6 Å². The summed E-state index contributed by atoms with van der Waals surface area (Å²) >= 11 is 1.40. The average Bonchev–Trinajstić information content (AvgIpc) is 3.00. The summed E-state index contributed by atoms with van der Waals surface area (Å²) in [7, 11) is 0. The van der Waals surface area contributed by atoms with Crippen LogP contribution in [0.2, 0.25) is 0 Å². The fourth-order valence-electron chi connectivity index (χ4n) is 3.17. The molecule has 116 valence electrons. The lowest BCUT2D eigenvalue weighted by Gasteiger charge is -2.18. The normalized spacial score (nSPS) is 15.5. The van der Waals surface area contributed by atoms with Crippen molar-refractivity contribution in [3.05, 3.63) is 27.7 Å². The first-order valence-electron chi connectivity index (χ1n) is 7.23. The van der Waals surface area contributed by atoms with Crippen molar-refractivity contribution < 1.29 is 9.90 Å². The van der Waals surface area contributed by atoms with Gasteiger partial charge in [-0.15, -0.1) is 0 Å². The topological polar surface area (TPSA) is 85.1 Å². The van der Waals surface area contributed by atoms with Gasteiger partial charge in [0.05, 0.1) is 0 Å². The second-order valence-corrected chi connectivity index (χ2v) is 6.29. The van der Waals surface area contributed by atoms with Crippen LogP contribution in [0.3, 0.4) is 0 Å². The van der Waals surface area contributed by atoms with Gasteiger partial charge in [-0.2, -0.15) is 0 Å². The first-order chi connectivity index (χ1) is 10.5. The van der Waals surface area contributed by atoms with E-state index in [1.807, 2.05) is 6.26 Å². The zero-order valence-corrected chi connectivity index (χ0v) is 13.3. The third-order valence-electron chi connectivity index (χ3n) is 4.27. The molecule has 2 aromatic rings. The number of carboxylic acids is 1. The zero-order chi connectivity index (χ0) is 15.9. The number of rotatable bonds is 3. The van der Waals surface area contributed by atoms with E-state index in [2.05, 4.69) is 9.97 Å². The molecule has 0 atom stereocenters. The summed E-state index contributed by atoms with van der Waals surface area (Å²) < 4.78 is 1.58. The Labute approximate surface area is 131 Å². The summed E-state index contributed by atoms with van der Waals surface area (Å²) in [6.07, 6.45) is 7.37. The molecule has 0 radical (unpaired) electrons. The summed E-state index contributed by atoms with van der Waals surface area (Å²) in [4.78, 5) is 33.0. The third kappa shape index (κ3) is 2.29. The largest absolute Gasteiger partial charge is 0.477 e. The Morgan fingerprint density at radius 1 is 1.41 bits per heavy atom. The van der Waals surface area contributed by atoms with Gasteiger partial charge in [0.1, 0.15) is 11.2 Å². The number of aromatic carboxylic acids is 1. The van der Waals surface area contributed by atoms with Crippen LogP contribution in [0.15, 0.2) is 16.1 Å². The van der Waals surface area contributed by atoms with Crippen molar-refractivity contribution in [3.8, 4) is 0 Å². The number of fused-ring (bicyclic) bond motifs is 1. The van der Waals surface area contributed by atoms with Crippen LogP contribution in [-0.4, -0.2) is 31.9 Å². The van der Waals surface area contributed by atoms with E-state index in [4.69, 9.17) is 0 Å². The highest BCUT2D eigenvalue weighted by atomic mass is 32.2. The van der Waals surface area contributed by atoms with Crippen LogP contribution in [0.4, 0.5) is 0 Å². The predicted octanol–water partition coefficient (Wildman–Crippen LogP) is 2.64. The molecule has 0 amide bonds. The van der Waals surface area contributed by atoms with Crippen LogP contribution in [0.25, 0.3) is 11.0 Å². The standard InChI is InChI=1S/C15H17N3O3S/c1-8-10-7-16-15(22-2)17-12(10)18(9-5-3-4-6-9)13(19)11(8)14(20)21/h7,9H,3-6H2,1-2H3,(H,20,21). The van der Waals surface area contributed by atoms with Gasteiger partial charge in [-0.25, -0.2) is 14.8 Å². The molecule has 1 aliphatic rings. The van der Waals surface area contributed by atoms with Crippen LogP contribution in [0, 0.1) is 6.92 Å². The fraction of sp³-hybridized carbons (Fsp3) is 0.467. The van der Waals surface area contributed by atoms with Crippen LogP contribution in [-0.2, 0) is 0 Å². The highest BCUT2D eigenvalue weighted by Crippen LogP contribution is 2.31. The third-order valence-corrected chi connectivity index (χ3v) is 4.83. The van der Waals surface area contributed by atoms with Gasteiger partial charge < -0.3 is 5.11 Å². The van der Waals surface area contributed by atoms with Crippen molar-refractivity contribution in [2.45, 2.75) is 43.8 Å². The van der Waals surface area contributed by atoms with Gasteiger partial charge in [0.2, 0.25) is 0 Å². The molecule has 2 aromatic heterocycles. The molecule has 0 saturated heterocycles. The quantitative estimate of drug-likeness (QED) is 0.691. The maximum atomic E-state index is 12.7. The number of aryl methyl sites for hydroxylation is 1. The van der Waals surface area contributed by atoms with E-state index in [0.717, 1.165) is 25.7 Å². The first kappa shape index (κ1) is 15.0. The van der Waals surface area contributed by atoms with Crippen LogP contribution in [0.1, 0.15) is 47.6 Å². The van der Waals surface area contributed by atoms with E-state index in [1.54, 1.807) is 17.7 Å². The van der Waals surface area contributed by atoms with Crippen molar-refractivity contribution in [1.82, 2.24) is 14.5 Å². The van der Waals surface area contributed by atoms with E-state index in [1.165, 1.54) is 11.8 Å². The highest BCUT2D eigenvalue weighted by Gasteiger charge is 2.26. The molecule has 3 rings (SSSR count). The lowest BCUT2D eigenvalue weighted by Crippen LogP contribution is -2.31. The van der Waals surface area contributed by atoms with Crippen molar-refractivity contribution in [3.63, 3.8) is 0 Å². The molecule has 1 saturated carbocycles. The number of carboxylic acid groups (broad SMARTS) is 1. The van der Waals surface area contributed by atoms with Gasteiger partial charge >= 0.3 is 5.97 Å². The summed E-state index contributed by atoms with van der Waals surface area (Å²) in [5, 5.41) is 10.6. The molecule has 1 N–H and O–H groups in total. The molecule has 1 aliphatic carbocycles. The Hall–Kier alpha value is -1.89. The Morgan fingerprint density at radius 2 is 2.09 bits per heavy atom. The van der Waals surface area contributed by atoms with Crippen molar-refractivity contribution >= 4 is 28.8 Å². The Bertz CT molecular complexity index is 810. The van der Waals surface area contributed by atoms with Crippen LogP contribution >= 0.6 is 11.8 Å². The van der Waals surface area contributed by atoms with Crippen molar-refractivity contribution in [2.75, 3.05) is 6.26 Å². The van der Waals surface area contributed by atoms with E-state index in [0.29, 0.717) is 21.8 Å². The van der Waals surface area contributed by atoms with Crippen molar-refractivity contribution in [2.24, 2.45) is 0 Å². The molecule has 7 heteroatoms. The van der Waals surface area contributed by atoms with E-state index >= 15 is 0 Å². The van der Waals surface area contributed by atoms with Gasteiger partial charge in [0.15, 0.2) is 5.16 Å². The van der Waals surface area contributed by atoms with Crippen LogP contribution < -0.4 is 5.56 Å². The molecule has 0 unspecified atom stereocenters. The summed E-state index contributed by atoms with van der Waals surface area (Å²) in [5.41, 5.74) is 0.378. The Kier molecular flexibility index (Phi) is 3.90. The molecule has 22 heavy (non-hydrogen) atoms. The summed E-state index contributed by atoms with van der Waals surface area (Å²) in [6.45, 7) is 1.65. The highest BCUT2D eigenvalue weighted by molar-refractivity contribution is 7.98. The van der Waals surface area contributed by atoms with Crippen molar-refractivity contribution in [1.29, 1.82) is 0 Å². The minimum absolute atomic E-state index is 0.0262. The maximum Gasteiger partial charge on any atom is 0.341 e. The summed E-state index contributed by atoms with van der Waals surface area (Å²) in [5.74, 6) is -1.19. The molecular formula is C15H17N3O3S. The minimum atomic E-state index is -1.19. The molecule has 1 fully saturated rings. The number of aromatic nitrogens is 3. The number of carbonyl (C=O) groups is 1. The van der Waals surface area contributed by atoms with E-state index < -0.39 is 11.5 Å². The van der Waals surface area contributed by atoms with E-state index in [-0.39, 0.29) is 11.6 Å². The maximum absolute atomic E-state index is 12.7. The van der Waals surface area contributed by atoms with E-state index in [9.17, 15) is 14.7 Å². The average molecular weight is 319 g/mol. The molecular weight excluding hydrogens is 302 g/mol. The van der Waals surface area contributed by atoms with Crippen LogP contribution in [0.5, 0.6) is 0 Å². The molecule has 0 bridgehead atoms. The second-order valence-electron chi connectivity index (χ2n) is 5.51. The monoisotopic (exact) mass is 319 g/mol. The molecule has 0 aliphatic heterocycles. The van der Waals surface area contributed by atoms with Gasteiger partial charge in [0, 0.05) is 17.6 Å². The lowest BCUT2D eigenvalue weighted by atomic mass is 10.1. The smallest absolute Gasteiger partial charge is 0.341 e. The lowest BCUT2D eigenvalue weighted by molar-refractivity contribution is 0.0693. The fourth-order valence-corrected chi connectivity index (χ4v) is 3.50. The van der Waals surface area contributed by atoms with Gasteiger partial charge in [-0.05, 0) is 31.6 Å². The molecule has 2 heterocycles. The predicted molar refractivity (Wildman–Crippen MR) is 84.8 cm³/mol. The minimum Gasteiger partial charge on any atom is -0.477 e. The number of thioether (sulfide) groups is 1. The number of nitrogens with zero attached hydrogens (tertiary/aromatic N) is 3. The number of hydrogen-bond donors (Lipinski definition) is 1. The first-order valence-corrected chi connectivity index (χ1v) is 8.46. The zero-order valence-electron chi connectivity index (χ0n) is 12.5. The Morgan fingerprint density at radius 3 is 2.68 bits per heavy atom. The number of hydrogen-bond acceptors (Lipinski definition) is 5. The SMILES string of the molecule is CSc1ncc2c(C)c(C(=O)O)c(=O)n(C3CCCC3)c2n1. The summed E-state index contributed by atoms with van der Waals surface area (Å²) in [6, 6.07) is 0.0262.